The van der Waals surface area contributed by atoms with Crippen molar-refractivity contribution in [1.29, 1.82) is 0 Å². The molecular formula is C21H21F3N2O3S. The van der Waals surface area contributed by atoms with Crippen molar-refractivity contribution in [2.75, 3.05) is 26.2 Å². The lowest BCUT2D eigenvalue weighted by molar-refractivity contribution is -0.137. The lowest BCUT2D eigenvalue weighted by atomic mass is 10.1. The maximum Gasteiger partial charge on any atom is 0.416 e. The maximum absolute atomic E-state index is 12.8. The molecule has 1 amide bonds. The normalized spacial score (nSPS) is 16.2. The smallest absolute Gasteiger partial charge is 0.337 e. The third kappa shape index (κ3) is 5.70. The standard InChI is InChI=1S/C21H21F3N2O3S/c22-21(23,24)19-8-4-7-17(15-19)9-10-20(27)25-11-13-26(14-12-25)30(28,29)16-18-5-2-1-3-6-18/h1-10,15H,11-14,16H2/b10-9+. The predicted octanol–water partition coefficient (Wildman–Crippen LogP) is 3.39. The Hall–Kier alpha value is -2.65. The highest BCUT2D eigenvalue weighted by molar-refractivity contribution is 7.88. The highest BCUT2D eigenvalue weighted by Gasteiger charge is 2.30. The molecule has 0 radical (unpaired) electrons. The number of amides is 1. The first-order valence-electron chi connectivity index (χ1n) is 9.31. The monoisotopic (exact) mass is 438 g/mol. The van der Waals surface area contributed by atoms with Crippen LogP contribution in [0.2, 0.25) is 0 Å². The molecule has 1 aliphatic rings. The molecule has 1 fully saturated rings. The first-order chi connectivity index (χ1) is 14.1. The van der Waals surface area contributed by atoms with Crippen molar-refractivity contribution in [3.63, 3.8) is 0 Å². The van der Waals surface area contributed by atoms with Gasteiger partial charge in [-0.05, 0) is 29.3 Å². The molecule has 0 aliphatic carbocycles. The van der Waals surface area contributed by atoms with Gasteiger partial charge >= 0.3 is 6.18 Å². The summed E-state index contributed by atoms with van der Waals surface area (Å²) in [5.74, 6) is -0.468. The highest BCUT2D eigenvalue weighted by atomic mass is 32.2. The highest BCUT2D eigenvalue weighted by Crippen LogP contribution is 2.29. The fourth-order valence-corrected chi connectivity index (χ4v) is 4.67. The van der Waals surface area contributed by atoms with E-state index in [1.165, 1.54) is 33.5 Å². The number of carbonyl (C=O) groups excluding carboxylic acids is 1. The van der Waals surface area contributed by atoms with Crippen LogP contribution >= 0.6 is 0 Å². The molecule has 160 valence electrons. The van der Waals surface area contributed by atoms with Crippen molar-refractivity contribution >= 4 is 22.0 Å². The van der Waals surface area contributed by atoms with Gasteiger partial charge in [0.15, 0.2) is 0 Å². The SMILES string of the molecule is O=C(/C=C/c1cccc(C(F)(F)F)c1)N1CCN(S(=O)(=O)Cc2ccccc2)CC1. The second-order valence-electron chi connectivity index (χ2n) is 6.92. The van der Waals surface area contributed by atoms with Crippen LogP contribution in [0.15, 0.2) is 60.7 Å². The zero-order valence-electron chi connectivity index (χ0n) is 16.0. The van der Waals surface area contributed by atoms with Crippen LogP contribution in [0.5, 0.6) is 0 Å². The first kappa shape index (κ1) is 22.0. The Balaban J connectivity index is 1.57. The van der Waals surface area contributed by atoms with Gasteiger partial charge in [0.2, 0.25) is 15.9 Å². The van der Waals surface area contributed by atoms with Crippen LogP contribution < -0.4 is 0 Å². The fourth-order valence-electron chi connectivity index (χ4n) is 3.15. The van der Waals surface area contributed by atoms with Crippen LogP contribution in [0.25, 0.3) is 6.08 Å². The van der Waals surface area contributed by atoms with E-state index in [0.29, 0.717) is 5.56 Å². The summed E-state index contributed by atoms with van der Waals surface area (Å²) in [5.41, 5.74) is 0.177. The van der Waals surface area contributed by atoms with Gasteiger partial charge < -0.3 is 4.90 Å². The minimum absolute atomic E-state index is 0.1000. The van der Waals surface area contributed by atoms with Gasteiger partial charge in [0.05, 0.1) is 11.3 Å². The maximum atomic E-state index is 12.8. The summed E-state index contributed by atoms with van der Waals surface area (Å²) in [6.45, 7) is 0.802. The Bertz CT molecular complexity index is 1010. The second kappa shape index (κ2) is 9.01. The summed E-state index contributed by atoms with van der Waals surface area (Å²) in [6, 6.07) is 13.6. The Morgan fingerprint density at radius 2 is 1.63 bits per heavy atom. The summed E-state index contributed by atoms with van der Waals surface area (Å²) in [7, 11) is -3.49. The molecule has 3 rings (SSSR count). The Labute approximate surface area is 173 Å². The molecule has 2 aromatic carbocycles. The number of nitrogens with zero attached hydrogens (tertiary/aromatic N) is 2. The molecule has 1 heterocycles. The Kier molecular flexibility index (Phi) is 6.62. The van der Waals surface area contributed by atoms with Crippen molar-refractivity contribution in [1.82, 2.24) is 9.21 Å². The van der Waals surface area contributed by atoms with Gasteiger partial charge in [0, 0.05) is 32.3 Å². The number of sulfonamides is 1. The van der Waals surface area contributed by atoms with E-state index in [0.717, 1.165) is 12.1 Å². The molecule has 0 spiro atoms. The molecule has 1 aliphatic heterocycles. The predicted molar refractivity (Wildman–Crippen MR) is 108 cm³/mol. The molecule has 0 unspecified atom stereocenters. The quantitative estimate of drug-likeness (QED) is 0.673. The number of rotatable bonds is 5. The Morgan fingerprint density at radius 3 is 2.27 bits per heavy atom. The van der Waals surface area contributed by atoms with Gasteiger partial charge in [-0.2, -0.15) is 17.5 Å². The average molecular weight is 438 g/mol. The third-order valence-electron chi connectivity index (χ3n) is 4.77. The van der Waals surface area contributed by atoms with E-state index < -0.39 is 21.8 Å². The van der Waals surface area contributed by atoms with Crippen LogP contribution in [0, 0.1) is 0 Å². The van der Waals surface area contributed by atoms with Gasteiger partial charge in [-0.25, -0.2) is 8.42 Å². The minimum atomic E-state index is -4.45. The van der Waals surface area contributed by atoms with Gasteiger partial charge in [0.25, 0.3) is 0 Å². The number of halogens is 3. The molecule has 9 heteroatoms. The van der Waals surface area contributed by atoms with Gasteiger partial charge in [-0.15, -0.1) is 0 Å². The van der Waals surface area contributed by atoms with E-state index in [4.69, 9.17) is 0 Å². The van der Waals surface area contributed by atoms with Crippen LogP contribution in [-0.4, -0.2) is 49.7 Å². The van der Waals surface area contributed by atoms with Crippen molar-refractivity contribution in [2.24, 2.45) is 0 Å². The lowest BCUT2D eigenvalue weighted by Crippen LogP contribution is -2.50. The van der Waals surface area contributed by atoms with Crippen molar-refractivity contribution in [2.45, 2.75) is 11.9 Å². The molecule has 30 heavy (non-hydrogen) atoms. The first-order valence-corrected chi connectivity index (χ1v) is 10.9. The fraction of sp³-hybridized carbons (Fsp3) is 0.286. The van der Waals surface area contributed by atoms with E-state index >= 15 is 0 Å². The van der Waals surface area contributed by atoms with E-state index in [9.17, 15) is 26.4 Å². The molecule has 2 aromatic rings. The molecule has 0 N–H and O–H groups in total. The second-order valence-corrected chi connectivity index (χ2v) is 8.89. The van der Waals surface area contributed by atoms with E-state index in [2.05, 4.69) is 0 Å². The van der Waals surface area contributed by atoms with Crippen molar-refractivity contribution in [3.8, 4) is 0 Å². The summed E-state index contributed by atoms with van der Waals surface area (Å²) < 4.78 is 64.8. The van der Waals surface area contributed by atoms with E-state index in [1.807, 2.05) is 6.07 Å². The molecule has 1 saturated heterocycles. The lowest BCUT2D eigenvalue weighted by Gasteiger charge is -2.33. The van der Waals surface area contributed by atoms with Crippen LogP contribution in [0.1, 0.15) is 16.7 Å². The number of piperazine rings is 1. The zero-order chi connectivity index (χ0) is 21.8. The molecule has 0 atom stereocenters. The van der Waals surface area contributed by atoms with Crippen molar-refractivity contribution in [3.05, 3.63) is 77.4 Å². The Morgan fingerprint density at radius 1 is 0.967 bits per heavy atom. The van der Waals surface area contributed by atoms with E-state index in [-0.39, 0.29) is 43.4 Å². The number of hydrogen-bond acceptors (Lipinski definition) is 3. The van der Waals surface area contributed by atoms with Crippen LogP contribution in [0.4, 0.5) is 13.2 Å². The summed E-state index contributed by atoms with van der Waals surface area (Å²) in [4.78, 5) is 13.8. The number of alkyl halides is 3. The van der Waals surface area contributed by atoms with Crippen LogP contribution in [0.3, 0.4) is 0 Å². The molecule has 0 saturated carbocycles. The van der Waals surface area contributed by atoms with E-state index in [1.54, 1.807) is 24.3 Å². The summed E-state index contributed by atoms with van der Waals surface area (Å²) >= 11 is 0. The van der Waals surface area contributed by atoms with Crippen molar-refractivity contribution < 1.29 is 26.4 Å². The molecule has 5 nitrogen and oxygen atoms in total. The zero-order valence-corrected chi connectivity index (χ0v) is 16.9. The third-order valence-corrected chi connectivity index (χ3v) is 6.62. The number of hydrogen-bond donors (Lipinski definition) is 0. The summed E-state index contributed by atoms with van der Waals surface area (Å²) in [5, 5.41) is 0. The number of benzene rings is 2. The minimum Gasteiger partial charge on any atom is -0.337 e. The number of carbonyl (C=O) groups is 1. The summed E-state index contributed by atoms with van der Waals surface area (Å²) in [6.07, 6.45) is -1.91. The topological polar surface area (TPSA) is 57.7 Å². The molecule has 0 bridgehead atoms. The average Bonchev–Trinajstić information content (AvgIpc) is 2.72. The van der Waals surface area contributed by atoms with Gasteiger partial charge in [-0.3, -0.25) is 4.79 Å². The molecule has 0 aromatic heterocycles. The molecular weight excluding hydrogens is 417 g/mol. The van der Waals surface area contributed by atoms with Gasteiger partial charge in [-0.1, -0.05) is 42.5 Å². The largest absolute Gasteiger partial charge is 0.416 e. The van der Waals surface area contributed by atoms with Gasteiger partial charge in [0.1, 0.15) is 0 Å². The van der Waals surface area contributed by atoms with Crippen LogP contribution in [-0.2, 0) is 26.7 Å².